The van der Waals surface area contributed by atoms with Crippen molar-refractivity contribution in [3.8, 4) is 0 Å². The molecule has 1 aromatic carbocycles. The van der Waals surface area contributed by atoms with Crippen molar-refractivity contribution in [1.82, 2.24) is 4.90 Å². The molecule has 2 aliphatic heterocycles. The molecule has 7 heteroatoms. The highest BCUT2D eigenvalue weighted by Gasteiger charge is 2.58. The van der Waals surface area contributed by atoms with Gasteiger partial charge in [-0.15, -0.1) is 0 Å². The van der Waals surface area contributed by atoms with Crippen LogP contribution < -0.4 is 0 Å². The Labute approximate surface area is 151 Å². The van der Waals surface area contributed by atoms with Crippen molar-refractivity contribution >= 4 is 21.3 Å². The van der Waals surface area contributed by atoms with E-state index in [4.69, 9.17) is 0 Å². The van der Waals surface area contributed by atoms with Crippen molar-refractivity contribution < 1.29 is 22.0 Å². The van der Waals surface area contributed by atoms with Gasteiger partial charge in [0.25, 0.3) is 5.92 Å². The quantitative estimate of drug-likeness (QED) is 0.791. The molecular formula is C19H21F2NO3S. The SMILES string of the molecule is O=C(C1CC2CS(=O)(=O)CC(C1)C2(F)F)N1CC=C(c2ccccc2)C1. The van der Waals surface area contributed by atoms with Gasteiger partial charge in [0.05, 0.1) is 11.5 Å². The van der Waals surface area contributed by atoms with Crippen LogP contribution in [0, 0.1) is 17.8 Å². The third-order valence-corrected chi connectivity index (χ3v) is 7.68. The molecule has 1 aromatic rings. The van der Waals surface area contributed by atoms with Crippen LogP contribution >= 0.6 is 0 Å². The molecule has 26 heavy (non-hydrogen) atoms. The van der Waals surface area contributed by atoms with Crippen molar-refractivity contribution in [1.29, 1.82) is 0 Å². The zero-order chi connectivity index (χ0) is 18.5. The van der Waals surface area contributed by atoms with Crippen LogP contribution in [-0.4, -0.2) is 49.7 Å². The van der Waals surface area contributed by atoms with E-state index in [2.05, 4.69) is 0 Å². The first-order valence-corrected chi connectivity index (χ1v) is 10.7. The fourth-order valence-corrected chi connectivity index (χ4v) is 6.59. The monoisotopic (exact) mass is 381 g/mol. The second kappa shape index (κ2) is 6.15. The Morgan fingerprint density at radius 1 is 1.08 bits per heavy atom. The van der Waals surface area contributed by atoms with Crippen LogP contribution in [-0.2, 0) is 14.6 Å². The molecule has 140 valence electrons. The van der Waals surface area contributed by atoms with Crippen LogP contribution in [0.3, 0.4) is 0 Å². The topological polar surface area (TPSA) is 54.5 Å². The van der Waals surface area contributed by atoms with E-state index in [1.54, 1.807) is 4.90 Å². The molecule has 2 unspecified atom stereocenters. The number of hydrogen-bond donors (Lipinski definition) is 0. The molecule has 2 heterocycles. The second-order valence-corrected chi connectivity index (χ2v) is 9.78. The summed E-state index contributed by atoms with van der Waals surface area (Å²) in [5, 5.41) is 0. The maximum atomic E-state index is 14.4. The number of carbonyl (C=O) groups is 1. The fraction of sp³-hybridized carbons (Fsp3) is 0.526. The van der Waals surface area contributed by atoms with Gasteiger partial charge in [-0.3, -0.25) is 4.79 Å². The van der Waals surface area contributed by atoms with Crippen LogP contribution in [0.15, 0.2) is 36.4 Å². The number of halogens is 2. The molecular weight excluding hydrogens is 360 g/mol. The summed E-state index contributed by atoms with van der Waals surface area (Å²) in [4.78, 5) is 14.6. The maximum Gasteiger partial charge on any atom is 0.255 e. The first-order chi connectivity index (χ1) is 12.3. The summed E-state index contributed by atoms with van der Waals surface area (Å²) in [7, 11) is -3.44. The van der Waals surface area contributed by atoms with Gasteiger partial charge in [0, 0.05) is 30.8 Å². The summed E-state index contributed by atoms with van der Waals surface area (Å²) < 4.78 is 52.4. The van der Waals surface area contributed by atoms with Crippen LogP contribution in [0.25, 0.3) is 5.57 Å². The zero-order valence-electron chi connectivity index (χ0n) is 14.3. The highest BCUT2D eigenvalue weighted by atomic mass is 32.2. The first-order valence-electron chi connectivity index (χ1n) is 8.88. The zero-order valence-corrected chi connectivity index (χ0v) is 15.1. The van der Waals surface area contributed by atoms with E-state index in [-0.39, 0.29) is 18.7 Å². The smallest absolute Gasteiger partial charge is 0.255 e. The fourth-order valence-electron chi connectivity index (χ4n) is 4.51. The Kier molecular flexibility index (Phi) is 4.17. The number of rotatable bonds is 2. The molecule has 2 fully saturated rings. The van der Waals surface area contributed by atoms with E-state index in [1.807, 2.05) is 36.4 Å². The molecule has 3 aliphatic rings. The van der Waals surface area contributed by atoms with E-state index >= 15 is 0 Å². The molecule has 2 bridgehead atoms. The number of hydrogen-bond acceptors (Lipinski definition) is 3. The van der Waals surface area contributed by atoms with Gasteiger partial charge in [-0.1, -0.05) is 36.4 Å². The Hall–Kier alpha value is -1.76. The number of amides is 1. The minimum atomic E-state index is -3.44. The predicted octanol–water partition coefficient (Wildman–Crippen LogP) is 2.62. The van der Waals surface area contributed by atoms with Crippen molar-refractivity contribution in [2.24, 2.45) is 17.8 Å². The number of fused-ring (bicyclic) bond motifs is 2. The van der Waals surface area contributed by atoms with Crippen molar-refractivity contribution in [2.45, 2.75) is 18.8 Å². The molecule has 1 saturated heterocycles. The lowest BCUT2D eigenvalue weighted by atomic mass is 9.72. The Morgan fingerprint density at radius 3 is 2.31 bits per heavy atom. The van der Waals surface area contributed by atoms with Gasteiger partial charge >= 0.3 is 0 Å². The summed E-state index contributed by atoms with van der Waals surface area (Å²) in [5.74, 6) is -7.11. The Bertz CT molecular complexity index is 827. The Balaban J connectivity index is 1.46. The summed E-state index contributed by atoms with van der Waals surface area (Å²) >= 11 is 0. The number of benzene rings is 1. The number of carbonyl (C=O) groups excluding carboxylic acids is 1. The van der Waals surface area contributed by atoms with Crippen molar-refractivity contribution in [3.63, 3.8) is 0 Å². The molecule has 0 spiro atoms. The van der Waals surface area contributed by atoms with E-state index in [0.29, 0.717) is 13.1 Å². The van der Waals surface area contributed by atoms with Gasteiger partial charge in [0.2, 0.25) is 5.91 Å². The molecule has 1 aliphatic carbocycles. The molecule has 4 rings (SSSR count). The van der Waals surface area contributed by atoms with E-state index < -0.39 is 45.0 Å². The summed E-state index contributed by atoms with van der Waals surface area (Å²) in [6, 6.07) is 9.76. The molecule has 4 nitrogen and oxygen atoms in total. The van der Waals surface area contributed by atoms with E-state index in [0.717, 1.165) is 11.1 Å². The largest absolute Gasteiger partial charge is 0.334 e. The third kappa shape index (κ3) is 3.06. The van der Waals surface area contributed by atoms with E-state index in [9.17, 15) is 22.0 Å². The summed E-state index contributed by atoms with van der Waals surface area (Å²) in [6.07, 6.45) is 1.91. The molecule has 0 aromatic heterocycles. The van der Waals surface area contributed by atoms with Gasteiger partial charge in [-0.05, 0) is 24.0 Å². The average molecular weight is 381 g/mol. The van der Waals surface area contributed by atoms with Gasteiger partial charge in [-0.2, -0.15) is 0 Å². The third-order valence-electron chi connectivity index (χ3n) is 5.86. The van der Waals surface area contributed by atoms with Gasteiger partial charge < -0.3 is 4.90 Å². The standard InChI is InChI=1S/C19H21F2NO3S/c20-19(21)16-8-15(9-17(19)12-26(24,25)11-16)18(23)22-7-6-14(10-22)13-4-2-1-3-5-13/h1-6,15-17H,7-12H2. The van der Waals surface area contributed by atoms with E-state index in [1.165, 1.54) is 0 Å². The van der Waals surface area contributed by atoms with Crippen molar-refractivity contribution in [2.75, 3.05) is 24.6 Å². The van der Waals surface area contributed by atoms with Crippen LogP contribution in [0.2, 0.25) is 0 Å². The van der Waals surface area contributed by atoms with Gasteiger partial charge in [-0.25, -0.2) is 17.2 Å². The number of sulfone groups is 1. The molecule has 0 N–H and O–H groups in total. The van der Waals surface area contributed by atoms with Crippen LogP contribution in [0.5, 0.6) is 0 Å². The lowest BCUT2D eigenvalue weighted by Crippen LogP contribution is -2.55. The summed E-state index contributed by atoms with van der Waals surface area (Å²) in [6.45, 7) is 0.951. The lowest BCUT2D eigenvalue weighted by Gasteiger charge is -2.45. The molecule has 1 amide bonds. The van der Waals surface area contributed by atoms with Crippen LogP contribution in [0.4, 0.5) is 8.78 Å². The minimum absolute atomic E-state index is 0.0429. The maximum absolute atomic E-state index is 14.4. The van der Waals surface area contributed by atoms with Gasteiger partial charge in [0.15, 0.2) is 9.84 Å². The molecule has 2 atom stereocenters. The number of alkyl halides is 2. The number of nitrogens with zero attached hydrogens (tertiary/aromatic N) is 1. The second-order valence-electron chi connectivity index (χ2n) is 7.63. The van der Waals surface area contributed by atoms with Crippen LogP contribution in [0.1, 0.15) is 18.4 Å². The van der Waals surface area contributed by atoms with Gasteiger partial charge in [0.1, 0.15) is 0 Å². The average Bonchev–Trinajstić information content (AvgIpc) is 3.06. The normalized spacial score (nSPS) is 32.2. The first kappa shape index (κ1) is 17.6. The predicted molar refractivity (Wildman–Crippen MR) is 94.3 cm³/mol. The lowest BCUT2D eigenvalue weighted by molar-refractivity contribution is -0.154. The summed E-state index contributed by atoms with van der Waals surface area (Å²) in [5.41, 5.74) is 2.11. The Morgan fingerprint density at radius 2 is 1.69 bits per heavy atom. The highest BCUT2D eigenvalue weighted by molar-refractivity contribution is 7.91. The highest BCUT2D eigenvalue weighted by Crippen LogP contribution is 2.50. The molecule has 1 saturated carbocycles. The molecule has 0 radical (unpaired) electrons. The van der Waals surface area contributed by atoms with Crippen molar-refractivity contribution in [3.05, 3.63) is 42.0 Å². The minimum Gasteiger partial charge on any atom is -0.334 e.